The van der Waals surface area contributed by atoms with E-state index in [2.05, 4.69) is 85.1 Å². The molecule has 3 aromatic rings. The highest BCUT2D eigenvalue weighted by atomic mass is 32.1. The van der Waals surface area contributed by atoms with Gasteiger partial charge in [-0.05, 0) is 49.3 Å². The van der Waals surface area contributed by atoms with Crippen molar-refractivity contribution in [3.63, 3.8) is 0 Å². The van der Waals surface area contributed by atoms with Crippen LogP contribution in [-0.4, -0.2) is 5.11 Å². The minimum atomic E-state index is 0.00606. The van der Waals surface area contributed by atoms with E-state index in [0.29, 0.717) is 5.11 Å². The Hall–Kier alpha value is -2.65. The van der Waals surface area contributed by atoms with Crippen LogP contribution >= 0.6 is 12.2 Å². The number of rotatable bonds is 4. The molecule has 0 amide bonds. The molecule has 0 spiro atoms. The van der Waals surface area contributed by atoms with Crippen LogP contribution < -0.4 is 10.6 Å². The third-order valence-electron chi connectivity index (χ3n) is 4.09. The zero-order valence-electron chi connectivity index (χ0n) is 14.5. The summed E-state index contributed by atoms with van der Waals surface area (Å²) in [5.41, 5.74) is 5.82. The fourth-order valence-electron chi connectivity index (χ4n) is 2.79. The van der Waals surface area contributed by atoms with Crippen molar-refractivity contribution in [3.05, 3.63) is 101 Å². The normalized spacial score (nSPS) is 11.6. The summed E-state index contributed by atoms with van der Waals surface area (Å²) in [5, 5.41) is 7.34. The van der Waals surface area contributed by atoms with Crippen molar-refractivity contribution >= 4 is 23.0 Å². The van der Waals surface area contributed by atoms with Gasteiger partial charge in [0.05, 0.1) is 6.04 Å². The van der Waals surface area contributed by atoms with Crippen molar-refractivity contribution in [1.82, 2.24) is 5.32 Å². The van der Waals surface area contributed by atoms with Crippen LogP contribution in [0.3, 0.4) is 0 Å². The Morgan fingerprint density at radius 2 is 1.44 bits per heavy atom. The molecule has 0 bridgehead atoms. The monoisotopic (exact) mass is 346 g/mol. The minimum Gasteiger partial charge on any atom is -0.352 e. The van der Waals surface area contributed by atoms with Crippen LogP contribution in [0.2, 0.25) is 0 Å². The number of benzene rings is 3. The van der Waals surface area contributed by atoms with Gasteiger partial charge in [0, 0.05) is 5.69 Å². The molecule has 0 radical (unpaired) electrons. The van der Waals surface area contributed by atoms with Crippen molar-refractivity contribution in [2.45, 2.75) is 19.9 Å². The molecule has 126 valence electrons. The number of hydrogen-bond donors (Lipinski definition) is 2. The molecule has 0 saturated heterocycles. The molecule has 2 nitrogen and oxygen atoms in total. The fraction of sp³-hybridized carbons (Fsp3) is 0.136. The predicted molar refractivity (Wildman–Crippen MR) is 110 cm³/mol. The van der Waals surface area contributed by atoms with E-state index in [4.69, 9.17) is 12.2 Å². The van der Waals surface area contributed by atoms with Gasteiger partial charge in [-0.15, -0.1) is 0 Å². The van der Waals surface area contributed by atoms with Crippen LogP contribution in [0, 0.1) is 13.8 Å². The Labute approximate surface area is 154 Å². The van der Waals surface area contributed by atoms with Gasteiger partial charge in [0.1, 0.15) is 0 Å². The quantitative estimate of drug-likeness (QED) is 0.620. The Balaban J connectivity index is 1.82. The summed E-state index contributed by atoms with van der Waals surface area (Å²) in [6, 6.07) is 27.1. The molecule has 0 unspecified atom stereocenters. The topological polar surface area (TPSA) is 24.1 Å². The second-order valence-electron chi connectivity index (χ2n) is 6.22. The van der Waals surface area contributed by atoms with Crippen molar-refractivity contribution in [2.24, 2.45) is 0 Å². The van der Waals surface area contributed by atoms with E-state index < -0.39 is 0 Å². The van der Waals surface area contributed by atoms with Crippen molar-refractivity contribution in [1.29, 1.82) is 0 Å². The fourth-order valence-corrected chi connectivity index (χ4v) is 3.03. The number of hydrogen-bond acceptors (Lipinski definition) is 1. The van der Waals surface area contributed by atoms with Gasteiger partial charge < -0.3 is 10.6 Å². The van der Waals surface area contributed by atoms with Crippen LogP contribution in [0.4, 0.5) is 5.69 Å². The number of anilines is 1. The van der Waals surface area contributed by atoms with Crippen molar-refractivity contribution in [3.8, 4) is 0 Å². The van der Waals surface area contributed by atoms with Crippen LogP contribution in [-0.2, 0) is 0 Å². The van der Waals surface area contributed by atoms with Gasteiger partial charge in [0.25, 0.3) is 0 Å². The first-order chi connectivity index (χ1) is 12.1. The summed E-state index contributed by atoms with van der Waals surface area (Å²) in [5.74, 6) is 0. The van der Waals surface area contributed by atoms with Crippen molar-refractivity contribution in [2.75, 3.05) is 5.32 Å². The number of aryl methyl sites for hydroxylation is 2. The molecule has 3 heteroatoms. The summed E-state index contributed by atoms with van der Waals surface area (Å²) in [4.78, 5) is 0. The maximum Gasteiger partial charge on any atom is 0.171 e. The second kappa shape index (κ2) is 7.95. The second-order valence-corrected chi connectivity index (χ2v) is 6.63. The molecule has 0 aromatic heterocycles. The van der Waals surface area contributed by atoms with Gasteiger partial charge in [-0.2, -0.15) is 0 Å². The highest BCUT2D eigenvalue weighted by molar-refractivity contribution is 7.80. The van der Waals surface area contributed by atoms with Gasteiger partial charge in [0.2, 0.25) is 0 Å². The zero-order chi connectivity index (χ0) is 17.6. The third kappa shape index (κ3) is 4.68. The smallest absolute Gasteiger partial charge is 0.171 e. The Bertz CT molecular complexity index is 841. The molecule has 0 fully saturated rings. The summed E-state index contributed by atoms with van der Waals surface area (Å²) < 4.78 is 0. The average molecular weight is 346 g/mol. The van der Waals surface area contributed by atoms with E-state index in [-0.39, 0.29) is 6.04 Å². The first-order valence-electron chi connectivity index (χ1n) is 8.37. The molecule has 0 saturated carbocycles. The lowest BCUT2D eigenvalue weighted by molar-refractivity contribution is 0.768. The zero-order valence-corrected chi connectivity index (χ0v) is 15.3. The van der Waals surface area contributed by atoms with Gasteiger partial charge in [-0.25, -0.2) is 0 Å². The molecule has 3 aromatic carbocycles. The van der Waals surface area contributed by atoms with E-state index in [0.717, 1.165) is 5.69 Å². The minimum absolute atomic E-state index is 0.00606. The van der Waals surface area contributed by atoms with E-state index in [1.807, 2.05) is 18.2 Å². The highest BCUT2D eigenvalue weighted by Crippen LogP contribution is 2.23. The van der Waals surface area contributed by atoms with E-state index in [9.17, 15) is 0 Å². The molecule has 0 aliphatic carbocycles. The first-order valence-corrected chi connectivity index (χ1v) is 8.78. The van der Waals surface area contributed by atoms with Gasteiger partial charge in [-0.3, -0.25) is 0 Å². The maximum atomic E-state index is 5.56. The molecule has 0 aliphatic heterocycles. The average Bonchev–Trinajstić information content (AvgIpc) is 2.62. The highest BCUT2D eigenvalue weighted by Gasteiger charge is 2.15. The van der Waals surface area contributed by atoms with Crippen LogP contribution in [0.25, 0.3) is 0 Å². The molecule has 0 heterocycles. The first kappa shape index (κ1) is 17.2. The van der Waals surface area contributed by atoms with Crippen molar-refractivity contribution < 1.29 is 0 Å². The lowest BCUT2D eigenvalue weighted by atomic mass is 9.97. The van der Waals surface area contributed by atoms with Gasteiger partial charge in [-0.1, -0.05) is 77.9 Å². The molecular formula is C22H22N2S. The van der Waals surface area contributed by atoms with E-state index in [1.165, 1.54) is 22.3 Å². The van der Waals surface area contributed by atoms with Crippen LogP contribution in [0.1, 0.15) is 28.3 Å². The molecule has 25 heavy (non-hydrogen) atoms. The largest absolute Gasteiger partial charge is 0.352 e. The van der Waals surface area contributed by atoms with E-state index in [1.54, 1.807) is 0 Å². The molecule has 1 atom stereocenters. The maximum absolute atomic E-state index is 5.56. The van der Waals surface area contributed by atoms with Gasteiger partial charge >= 0.3 is 0 Å². The SMILES string of the molecule is Cc1ccc(NC(=S)N[C@@H](c2ccccc2)c2cccc(C)c2)cc1. The summed E-state index contributed by atoms with van der Waals surface area (Å²) in [6.45, 7) is 4.18. The number of thiocarbonyl (C=S) groups is 1. The van der Waals surface area contributed by atoms with E-state index >= 15 is 0 Å². The Morgan fingerprint density at radius 3 is 2.12 bits per heavy atom. The van der Waals surface area contributed by atoms with Crippen LogP contribution in [0.5, 0.6) is 0 Å². The summed E-state index contributed by atoms with van der Waals surface area (Å²) in [7, 11) is 0. The molecular weight excluding hydrogens is 324 g/mol. The standard InChI is InChI=1S/C22H22N2S/c1-16-11-13-20(14-12-16)23-22(25)24-21(18-8-4-3-5-9-18)19-10-6-7-17(2)15-19/h3-15,21H,1-2H3,(H2,23,24,25)/t21-/m0/s1. The van der Waals surface area contributed by atoms with Gasteiger partial charge in [0.15, 0.2) is 5.11 Å². The third-order valence-corrected chi connectivity index (χ3v) is 4.31. The predicted octanol–water partition coefficient (Wildman–Crippen LogP) is 5.38. The molecule has 2 N–H and O–H groups in total. The summed E-state index contributed by atoms with van der Waals surface area (Å²) >= 11 is 5.56. The Morgan fingerprint density at radius 1 is 0.760 bits per heavy atom. The summed E-state index contributed by atoms with van der Waals surface area (Å²) in [6.07, 6.45) is 0. The lowest BCUT2D eigenvalue weighted by Gasteiger charge is -2.22. The Kier molecular flexibility index (Phi) is 5.46. The molecule has 3 rings (SSSR count). The lowest BCUT2D eigenvalue weighted by Crippen LogP contribution is -2.33. The van der Waals surface area contributed by atoms with Crippen LogP contribution in [0.15, 0.2) is 78.9 Å². The number of nitrogens with one attached hydrogen (secondary N) is 2. The molecule has 0 aliphatic rings.